The highest BCUT2D eigenvalue weighted by Crippen LogP contribution is 2.47. The van der Waals surface area contributed by atoms with Gasteiger partial charge >= 0.3 is 5.97 Å². The molecule has 3 heteroatoms. The van der Waals surface area contributed by atoms with E-state index in [2.05, 4.69) is 0 Å². The molecule has 0 amide bonds. The Morgan fingerprint density at radius 2 is 2.36 bits per heavy atom. The van der Waals surface area contributed by atoms with Gasteiger partial charge in [0.15, 0.2) is 0 Å². The monoisotopic (exact) mass is 156 g/mol. The van der Waals surface area contributed by atoms with E-state index < -0.39 is 11.4 Å². The molecule has 3 nitrogen and oxygen atoms in total. The molecule has 2 aliphatic rings. The Bertz CT molecular complexity index is 202. The number of fused-ring (bicyclic) bond motifs is 2. The van der Waals surface area contributed by atoms with Crippen molar-refractivity contribution in [2.24, 2.45) is 5.41 Å². The fourth-order valence-electron chi connectivity index (χ4n) is 2.15. The summed E-state index contributed by atoms with van der Waals surface area (Å²) in [5.41, 5.74) is -0.594. The van der Waals surface area contributed by atoms with Gasteiger partial charge in [0, 0.05) is 0 Å². The Labute approximate surface area is 65.4 Å². The van der Waals surface area contributed by atoms with Gasteiger partial charge in [-0.25, -0.2) is 0 Å². The van der Waals surface area contributed by atoms with Crippen molar-refractivity contribution in [2.45, 2.75) is 38.4 Å². The Morgan fingerprint density at radius 1 is 1.64 bits per heavy atom. The van der Waals surface area contributed by atoms with Crippen molar-refractivity contribution < 1.29 is 14.6 Å². The highest BCUT2D eigenvalue weighted by atomic mass is 16.5. The van der Waals surface area contributed by atoms with E-state index in [0.29, 0.717) is 6.42 Å². The van der Waals surface area contributed by atoms with E-state index in [0.717, 1.165) is 12.8 Å². The van der Waals surface area contributed by atoms with Crippen LogP contribution in [0, 0.1) is 5.41 Å². The van der Waals surface area contributed by atoms with Crippen molar-refractivity contribution in [3.8, 4) is 0 Å². The zero-order chi connectivity index (χ0) is 8.06. The summed E-state index contributed by atoms with van der Waals surface area (Å²) in [5, 5.41) is 8.91. The molecular formula is C8H12O3. The minimum atomic E-state index is -0.704. The largest absolute Gasteiger partial charge is 0.481 e. The maximum absolute atomic E-state index is 10.8. The van der Waals surface area contributed by atoms with Crippen molar-refractivity contribution in [1.29, 1.82) is 0 Å². The first kappa shape index (κ1) is 7.10. The summed E-state index contributed by atoms with van der Waals surface area (Å²) in [6, 6.07) is 0. The Morgan fingerprint density at radius 3 is 2.64 bits per heavy atom. The van der Waals surface area contributed by atoms with Gasteiger partial charge in [0.1, 0.15) is 0 Å². The SMILES string of the molecule is C[C@]1(C(=O)O)C[C@H]2CC[C@@H]1O2. The van der Waals surface area contributed by atoms with Gasteiger partial charge in [-0.15, -0.1) is 0 Å². The third-order valence-electron chi connectivity index (χ3n) is 2.96. The maximum atomic E-state index is 10.8. The van der Waals surface area contributed by atoms with Gasteiger partial charge in [0.25, 0.3) is 0 Å². The third-order valence-corrected chi connectivity index (χ3v) is 2.96. The average molecular weight is 156 g/mol. The van der Waals surface area contributed by atoms with Gasteiger partial charge in [0.05, 0.1) is 17.6 Å². The van der Waals surface area contributed by atoms with E-state index in [-0.39, 0.29) is 12.2 Å². The van der Waals surface area contributed by atoms with Crippen LogP contribution in [0.2, 0.25) is 0 Å². The zero-order valence-corrected chi connectivity index (χ0v) is 6.54. The van der Waals surface area contributed by atoms with Crippen molar-refractivity contribution in [1.82, 2.24) is 0 Å². The van der Waals surface area contributed by atoms with Crippen molar-refractivity contribution in [3.05, 3.63) is 0 Å². The van der Waals surface area contributed by atoms with E-state index in [1.165, 1.54) is 0 Å². The van der Waals surface area contributed by atoms with Crippen LogP contribution in [0.15, 0.2) is 0 Å². The van der Waals surface area contributed by atoms with E-state index in [9.17, 15) is 4.79 Å². The topological polar surface area (TPSA) is 46.5 Å². The summed E-state index contributed by atoms with van der Waals surface area (Å²) in [5.74, 6) is -0.704. The van der Waals surface area contributed by atoms with E-state index in [1.807, 2.05) is 0 Å². The van der Waals surface area contributed by atoms with Crippen LogP contribution in [-0.2, 0) is 9.53 Å². The first-order valence-corrected chi connectivity index (χ1v) is 4.02. The average Bonchev–Trinajstić information content (AvgIpc) is 2.45. The number of carbonyl (C=O) groups is 1. The minimum Gasteiger partial charge on any atom is -0.481 e. The summed E-state index contributed by atoms with van der Waals surface area (Å²) >= 11 is 0. The van der Waals surface area contributed by atoms with Gasteiger partial charge in [-0.05, 0) is 26.2 Å². The van der Waals surface area contributed by atoms with Crippen molar-refractivity contribution in [3.63, 3.8) is 0 Å². The molecule has 1 N–H and O–H groups in total. The molecule has 0 aliphatic carbocycles. The van der Waals surface area contributed by atoms with E-state index >= 15 is 0 Å². The van der Waals surface area contributed by atoms with Gasteiger partial charge < -0.3 is 9.84 Å². The Kier molecular flexibility index (Phi) is 1.27. The number of carboxylic acid groups (broad SMARTS) is 1. The summed E-state index contributed by atoms with van der Waals surface area (Å²) in [7, 11) is 0. The molecule has 0 spiro atoms. The predicted molar refractivity (Wildman–Crippen MR) is 38.3 cm³/mol. The molecule has 0 radical (unpaired) electrons. The molecule has 2 bridgehead atoms. The molecule has 0 aromatic rings. The van der Waals surface area contributed by atoms with Crippen LogP contribution in [0.3, 0.4) is 0 Å². The van der Waals surface area contributed by atoms with Gasteiger partial charge in [-0.3, -0.25) is 4.79 Å². The van der Waals surface area contributed by atoms with Gasteiger partial charge in [-0.1, -0.05) is 0 Å². The second-order valence-electron chi connectivity index (χ2n) is 3.75. The normalized spacial score (nSPS) is 48.1. The van der Waals surface area contributed by atoms with E-state index in [1.54, 1.807) is 6.92 Å². The molecule has 2 rings (SSSR count). The summed E-state index contributed by atoms with van der Waals surface area (Å²) in [6.07, 6.45) is 2.87. The Balaban J connectivity index is 2.23. The zero-order valence-electron chi connectivity index (χ0n) is 6.54. The highest BCUT2D eigenvalue weighted by molar-refractivity contribution is 5.75. The first-order chi connectivity index (χ1) is 5.13. The molecule has 62 valence electrons. The predicted octanol–water partition coefficient (Wildman–Crippen LogP) is 1.03. The molecule has 0 saturated carbocycles. The van der Waals surface area contributed by atoms with Crippen LogP contribution in [0.1, 0.15) is 26.2 Å². The maximum Gasteiger partial charge on any atom is 0.312 e. The molecular weight excluding hydrogens is 144 g/mol. The molecule has 0 aromatic heterocycles. The number of aliphatic carboxylic acids is 1. The molecule has 2 saturated heterocycles. The molecule has 2 fully saturated rings. The minimum absolute atomic E-state index is 0.0231. The fourth-order valence-corrected chi connectivity index (χ4v) is 2.15. The lowest BCUT2D eigenvalue weighted by atomic mass is 9.76. The Hall–Kier alpha value is -0.570. The van der Waals surface area contributed by atoms with Crippen LogP contribution in [-0.4, -0.2) is 23.3 Å². The molecule has 0 unspecified atom stereocenters. The van der Waals surface area contributed by atoms with Crippen LogP contribution in [0.5, 0.6) is 0 Å². The van der Waals surface area contributed by atoms with Crippen molar-refractivity contribution in [2.75, 3.05) is 0 Å². The summed E-state index contributed by atoms with van der Waals surface area (Å²) < 4.78 is 5.47. The quantitative estimate of drug-likeness (QED) is 0.616. The lowest BCUT2D eigenvalue weighted by Gasteiger charge is -2.25. The number of carboxylic acids is 1. The number of hydrogen-bond donors (Lipinski definition) is 1. The van der Waals surface area contributed by atoms with E-state index in [4.69, 9.17) is 9.84 Å². The number of ether oxygens (including phenoxy) is 1. The smallest absolute Gasteiger partial charge is 0.312 e. The molecule has 11 heavy (non-hydrogen) atoms. The molecule has 2 heterocycles. The summed E-state index contributed by atoms with van der Waals surface area (Å²) in [6.45, 7) is 1.79. The van der Waals surface area contributed by atoms with Crippen LogP contribution < -0.4 is 0 Å². The second kappa shape index (κ2) is 1.97. The highest BCUT2D eigenvalue weighted by Gasteiger charge is 2.54. The van der Waals surface area contributed by atoms with Crippen LogP contribution >= 0.6 is 0 Å². The van der Waals surface area contributed by atoms with Gasteiger partial charge in [-0.2, -0.15) is 0 Å². The third kappa shape index (κ3) is 0.805. The number of hydrogen-bond acceptors (Lipinski definition) is 2. The van der Waals surface area contributed by atoms with Crippen molar-refractivity contribution >= 4 is 5.97 Å². The van der Waals surface area contributed by atoms with Crippen LogP contribution in [0.4, 0.5) is 0 Å². The summed E-state index contributed by atoms with van der Waals surface area (Å²) in [4.78, 5) is 10.8. The lowest BCUT2D eigenvalue weighted by Crippen LogP contribution is -2.37. The fraction of sp³-hybridized carbons (Fsp3) is 0.875. The molecule has 2 aliphatic heterocycles. The standard InChI is InChI=1S/C8H12O3/c1-8(7(9)10)4-5-2-3-6(8)11-5/h5-6H,2-4H2,1H3,(H,9,10)/t5-,6+,8+/m1/s1. The number of rotatable bonds is 1. The lowest BCUT2D eigenvalue weighted by molar-refractivity contribution is -0.150. The van der Waals surface area contributed by atoms with Gasteiger partial charge in [0.2, 0.25) is 0 Å². The molecule has 0 aromatic carbocycles. The van der Waals surface area contributed by atoms with Crippen LogP contribution in [0.25, 0.3) is 0 Å². The molecule has 3 atom stereocenters. The first-order valence-electron chi connectivity index (χ1n) is 4.02. The second-order valence-corrected chi connectivity index (χ2v) is 3.75.